The van der Waals surface area contributed by atoms with E-state index in [1.54, 1.807) is 6.26 Å². The van der Waals surface area contributed by atoms with Gasteiger partial charge < -0.3 is 20.1 Å². The fourth-order valence-corrected chi connectivity index (χ4v) is 2.80. The number of alkyl halides is 3. The zero-order chi connectivity index (χ0) is 31.0. The first-order valence-electron chi connectivity index (χ1n) is 13.4. The van der Waals surface area contributed by atoms with Gasteiger partial charge in [-0.2, -0.15) is 18.0 Å². The van der Waals surface area contributed by atoms with E-state index in [1.165, 1.54) is 61.0 Å². The van der Waals surface area contributed by atoms with Crippen LogP contribution in [0.25, 0.3) is 0 Å². The average molecular weight is 964 g/mol. The van der Waals surface area contributed by atoms with E-state index in [2.05, 4.69) is 138 Å². The second-order valence-electron chi connectivity index (χ2n) is 7.28. The molecular formula is C41H83F3RfS2-2. The summed E-state index contributed by atoms with van der Waals surface area (Å²) in [6.07, 6.45) is 11.0. The molecule has 0 fully saturated rings. The van der Waals surface area contributed by atoms with E-state index in [4.69, 9.17) is 0 Å². The molecule has 0 spiro atoms. The zero-order valence-corrected chi connectivity index (χ0v) is 35.8. The molecular weight excluding hydrogens is 881 g/mol. The second-order valence-corrected chi connectivity index (χ2v) is 8.44. The van der Waals surface area contributed by atoms with Crippen LogP contribution in [0.2, 0.25) is 0 Å². The number of halogens is 3. The molecule has 0 aliphatic heterocycles. The topological polar surface area (TPSA) is 0 Å². The Morgan fingerprint density at radius 2 is 0.596 bits per heavy atom. The van der Waals surface area contributed by atoms with Crippen molar-refractivity contribution < 1.29 is 13.2 Å². The van der Waals surface area contributed by atoms with Gasteiger partial charge in [0.2, 0.25) is 0 Å². The number of rotatable bonds is 7. The number of hydrogen-bond acceptors (Lipinski definition) is 2. The molecule has 0 bridgehead atoms. The number of hydrogen-bond donors (Lipinski definition) is 0. The fraction of sp³-hybridized carbons (Fsp3) is 0.537. The van der Waals surface area contributed by atoms with Gasteiger partial charge >= 0.3 is 0 Å². The van der Waals surface area contributed by atoms with Crippen LogP contribution in [0.4, 0.5) is 13.2 Å². The summed E-state index contributed by atoms with van der Waals surface area (Å²) in [5.41, 5.74) is 4.33. The Morgan fingerprint density at radius 1 is 0.447 bits per heavy atom. The van der Waals surface area contributed by atoms with Crippen molar-refractivity contribution in [1.29, 1.82) is 0 Å². The SMILES string of the molecule is C.C.C.C.C.C.CCCc1ccccc1.CCCc1ccccc1.CCCc1ccccc1.CCSC.CF.CF.CF.C[S-].[CH3-].[Rf]. The summed E-state index contributed by atoms with van der Waals surface area (Å²) < 4.78 is 28.5. The molecule has 0 unspecified atom stereocenters. The van der Waals surface area contributed by atoms with E-state index in [0.29, 0.717) is 21.5 Å². The molecule has 0 radical (unpaired) electrons. The largest absolute Gasteiger partial charge is 0.796 e. The number of aryl methyl sites for hydroxylation is 3. The van der Waals surface area contributed by atoms with Crippen LogP contribution in [0, 0.1) is 7.43 Å². The van der Waals surface area contributed by atoms with Gasteiger partial charge in [-0.15, -0.1) is 0 Å². The Kier molecular flexibility index (Phi) is 163. The molecule has 0 aromatic heterocycles. The molecule has 0 saturated carbocycles. The van der Waals surface area contributed by atoms with Crippen LogP contribution < -0.4 is 0 Å². The standard InChI is InChI=1S/3C9H12.C3H8S.3CH3F.CH4S.6CH4.CH3.Rf/c3*1-2-6-9-7-4-3-5-8-9;1-3-4-2;4*1-2;;;;;;;;/h3*3-5,7-8H,2,6H2,1H3;3H2,1-2H3;3*1H3;2H,1H3;6*1H4;1H3;/q;;;;;;;;;;;;;;-1;/p-1. The van der Waals surface area contributed by atoms with Crippen LogP contribution in [-0.4, -0.2) is 39.8 Å². The predicted molar refractivity (Wildman–Crippen MR) is 227 cm³/mol. The van der Waals surface area contributed by atoms with Gasteiger partial charge in [0.05, 0.1) is 21.5 Å². The minimum atomic E-state index is 0. The maximum absolute atomic E-state index is 9.50. The van der Waals surface area contributed by atoms with Crippen LogP contribution in [0.3, 0.4) is 0 Å². The average Bonchev–Trinajstić information content (AvgIpc) is 3.04. The van der Waals surface area contributed by atoms with Crippen molar-refractivity contribution in [3.63, 3.8) is 0 Å². The minimum Gasteiger partial charge on any atom is -0.796 e. The number of thioether (sulfide) groups is 1. The Morgan fingerprint density at radius 3 is 0.702 bits per heavy atom. The summed E-state index contributed by atoms with van der Waals surface area (Å²) >= 11 is 5.94. The Hall–Kier alpha value is -2.85. The third-order valence-electron chi connectivity index (χ3n) is 4.43. The summed E-state index contributed by atoms with van der Waals surface area (Å²) in [4.78, 5) is 0. The molecule has 47 heavy (non-hydrogen) atoms. The molecule has 3 aromatic rings. The normalized spacial score (nSPS) is 6.57. The van der Waals surface area contributed by atoms with Crippen LogP contribution in [-0.2, 0) is 31.9 Å². The molecule has 0 heterocycles. The van der Waals surface area contributed by atoms with E-state index in [-0.39, 0.29) is 52.0 Å². The van der Waals surface area contributed by atoms with Gasteiger partial charge in [0, 0.05) is 0 Å². The molecule has 3 aromatic carbocycles. The van der Waals surface area contributed by atoms with Crippen LogP contribution in [0.15, 0.2) is 91.0 Å². The van der Waals surface area contributed by atoms with Crippen LogP contribution in [0.5, 0.6) is 0 Å². The van der Waals surface area contributed by atoms with E-state index in [1.807, 2.05) is 11.8 Å². The van der Waals surface area contributed by atoms with Crippen LogP contribution in [0.1, 0.15) is 108 Å². The van der Waals surface area contributed by atoms with Gasteiger partial charge in [-0.3, -0.25) is 13.2 Å². The molecule has 0 atom stereocenters. The number of benzene rings is 3. The summed E-state index contributed by atoms with van der Waals surface area (Å²) in [6.45, 7) is 8.75. The van der Waals surface area contributed by atoms with Gasteiger partial charge in [-0.05, 0) is 48.0 Å². The first-order chi connectivity index (χ1) is 19.2. The molecule has 284 valence electrons. The molecule has 0 saturated heterocycles. The van der Waals surface area contributed by atoms with E-state index in [0.717, 1.165) is 0 Å². The van der Waals surface area contributed by atoms with Crippen molar-refractivity contribution in [3.05, 3.63) is 115 Å². The summed E-state index contributed by atoms with van der Waals surface area (Å²) in [7, 11) is 1.50. The first kappa shape index (κ1) is 84.7. The predicted octanol–water partition coefficient (Wildman–Crippen LogP) is 15.5. The van der Waals surface area contributed by atoms with Crippen molar-refractivity contribution in [1.82, 2.24) is 0 Å². The molecule has 0 aliphatic rings. The molecule has 3 rings (SSSR count). The Labute approximate surface area is 302 Å². The molecule has 0 amide bonds. The van der Waals surface area contributed by atoms with Crippen molar-refractivity contribution in [3.8, 4) is 0 Å². The van der Waals surface area contributed by atoms with E-state index >= 15 is 0 Å². The summed E-state index contributed by atoms with van der Waals surface area (Å²) in [5.74, 6) is 1.24. The molecule has 6 heteroatoms. The van der Waals surface area contributed by atoms with Crippen molar-refractivity contribution in [2.45, 2.75) is 111 Å². The third kappa shape index (κ3) is 75.3. The maximum Gasteiger partial charge on any atom is 0.0785 e. The van der Waals surface area contributed by atoms with Crippen molar-refractivity contribution in [2.75, 3.05) is 39.8 Å². The Bertz CT molecular complexity index is 620. The minimum absolute atomic E-state index is 0. The summed E-state index contributed by atoms with van der Waals surface area (Å²) in [5, 5.41) is 0. The van der Waals surface area contributed by atoms with Crippen LogP contribution >= 0.6 is 11.8 Å². The molecule has 0 aliphatic carbocycles. The van der Waals surface area contributed by atoms with Crippen molar-refractivity contribution in [2.24, 2.45) is 0 Å². The quantitative estimate of drug-likeness (QED) is 0.171. The zero-order valence-electron chi connectivity index (χ0n) is 27.8. The smallest absolute Gasteiger partial charge is 0.0785 e. The first-order valence-corrected chi connectivity index (χ1v) is 15.6. The van der Waals surface area contributed by atoms with Gasteiger partial charge in [-0.25, -0.2) is 0 Å². The molecule has 0 N–H and O–H groups in total. The van der Waals surface area contributed by atoms with Gasteiger partial charge in [0.25, 0.3) is 0 Å². The third-order valence-corrected chi connectivity index (χ3v) is 5.01. The van der Waals surface area contributed by atoms with E-state index in [9.17, 15) is 13.2 Å². The second kappa shape index (κ2) is 90.2. The monoisotopic (exact) mass is 964 g/mol. The van der Waals surface area contributed by atoms with Gasteiger partial charge in [0.1, 0.15) is 0 Å². The van der Waals surface area contributed by atoms with E-state index < -0.39 is 0 Å². The van der Waals surface area contributed by atoms with Gasteiger partial charge in [0.15, 0.2) is 0 Å². The Balaban J connectivity index is -0.0000000269. The maximum atomic E-state index is 9.50. The summed E-state index contributed by atoms with van der Waals surface area (Å²) in [6, 6.07) is 31.7. The molecule has 0 nitrogen and oxygen atoms in total. The van der Waals surface area contributed by atoms with Crippen molar-refractivity contribution >= 4 is 24.4 Å². The van der Waals surface area contributed by atoms with Gasteiger partial charge in [-0.1, -0.05) is 183 Å². The fourth-order valence-electron chi connectivity index (χ4n) is 2.80.